The lowest BCUT2D eigenvalue weighted by Gasteiger charge is -2.00. The fourth-order valence-corrected chi connectivity index (χ4v) is 1.30. The number of rotatable bonds is 2. The number of hydrogen-bond donors (Lipinski definition) is 0. The van der Waals surface area contributed by atoms with Gasteiger partial charge in [0.1, 0.15) is 11.6 Å². The fourth-order valence-electron chi connectivity index (χ4n) is 1.30. The van der Waals surface area contributed by atoms with Crippen molar-refractivity contribution in [3.63, 3.8) is 0 Å². The number of hydrogen-bond acceptors (Lipinski definition) is 2. The van der Waals surface area contributed by atoms with Gasteiger partial charge in [0, 0.05) is 6.07 Å². The molecule has 2 aromatic rings. The van der Waals surface area contributed by atoms with Crippen LogP contribution in [0.4, 0.5) is 13.2 Å². The molecule has 0 amide bonds. The Hall–Kier alpha value is -2.04. The fraction of sp³-hybridized carbons (Fsp3) is 0. The van der Waals surface area contributed by atoms with Gasteiger partial charge in [-0.1, -0.05) is 0 Å². The number of carbonyl (C=O) groups is 1. The van der Waals surface area contributed by atoms with E-state index >= 15 is 0 Å². The molecule has 0 unspecified atom stereocenters. The highest BCUT2D eigenvalue weighted by Gasteiger charge is 2.15. The zero-order valence-corrected chi connectivity index (χ0v) is 7.84. The van der Waals surface area contributed by atoms with Crippen molar-refractivity contribution in [2.45, 2.75) is 0 Å². The molecule has 0 saturated carbocycles. The zero-order valence-electron chi connectivity index (χ0n) is 7.84. The number of halogens is 3. The predicted molar refractivity (Wildman–Crippen MR) is 49.4 cm³/mol. The molecule has 1 aromatic carbocycles. The van der Waals surface area contributed by atoms with Crippen molar-refractivity contribution in [1.29, 1.82) is 0 Å². The van der Waals surface area contributed by atoms with Crippen LogP contribution in [-0.4, -0.2) is 6.29 Å². The van der Waals surface area contributed by atoms with Gasteiger partial charge in [0.25, 0.3) is 0 Å². The van der Waals surface area contributed by atoms with Crippen LogP contribution in [0.1, 0.15) is 10.6 Å². The summed E-state index contributed by atoms with van der Waals surface area (Å²) < 4.78 is 43.9. The Kier molecular flexibility index (Phi) is 2.52. The summed E-state index contributed by atoms with van der Waals surface area (Å²) in [6, 6.07) is 3.78. The van der Waals surface area contributed by atoms with Crippen LogP contribution in [0.5, 0.6) is 0 Å². The van der Waals surface area contributed by atoms with Crippen molar-refractivity contribution in [2.24, 2.45) is 0 Å². The van der Waals surface area contributed by atoms with Gasteiger partial charge < -0.3 is 4.42 Å². The second-order valence-corrected chi connectivity index (χ2v) is 3.07. The largest absolute Gasteiger partial charge is 0.453 e. The van der Waals surface area contributed by atoms with Crippen molar-refractivity contribution >= 4 is 6.29 Å². The van der Waals surface area contributed by atoms with Crippen LogP contribution in [0.25, 0.3) is 11.3 Å². The molecule has 2 rings (SSSR count). The monoisotopic (exact) mass is 226 g/mol. The lowest BCUT2D eigenvalue weighted by Crippen LogP contribution is -1.91. The summed E-state index contributed by atoms with van der Waals surface area (Å²) >= 11 is 0. The van der Waals surface area contributed by atoms with Gasteiger partial charge in [-0.25, -0.2) is 13.2 Å². The van der Waals surface area contributed by atoms with E-state index in [-0.39, 0.29) is 17.1 Å². The third-order valence-corrected chi connectivity index (χ3v) is 2.00. The number of benzene rings is 1. The summed E-state index contributed by atoms with van der Waals surface area (Å²) in [7, 11) is 0. The zero-order chi connectivity index (χ0) is 11.7. The maximum Gasteiger partial charge on any atom is 0.185 e. The predicted octanol–water partition coefficient (Wildman–Crippen LogP) is 3.18. The summed E-state index contributed by atoms with van der Waals surface area (Å²) in [6.45, 7) is 0. The second-order valence-electron chi connectivity index (χ2n) is 3.07. The van der Waals surface area contributed by atoms with Crippen molar-refractivity contribution in [1.82, 2.24) is 0 Å². The van der Waals surface area contributed by atoms with Crippen LogP contribution in [0.15, 0.2) is 28.7 Å². The molecule has 82 valence electrons. The van der Waals surface area contributed by atoms with Crippen molar-refractivity contribution in [3.8, 4) is 11.3 Å². The Morgan fingerprint density at radius 3 is 2.50 bits per heavy atom. The highest BCUT2D eigenvalue weighted by Crippen LogP contribution is 2.27. The van der Waals surface area contributed by atoms with Crippen molar-refractivity contribution < 1.29 is 22.4 Å². The second kappa shape index (κ2) is 3.84. The van der Waals surface area contributed by atoms with Gasteiger partial charge >= 0.3 is 0 Å². The normalized spacial score (nSPS) is 10.4. The van der Waals surface area contributed by atoms with Gasteiger partial charge in [0.15, 0.2) is 23.7 Å². The maximum absolute atomic E-state index is 13.3. The smallest absolute Gasteiger partial charge is 0.185 e. The Morgan fingerprint density at radius 1 is 1.12 bits per heavy atom. The van der Waals surface area contributed by atoms with Gasteiger partial charge in [-0.3, -0.25) is 4.79 Å². The lowest BCUT2D eigenvalue weighted by molar-refractivity contribution is 0.110. The first-order valence-corrected chi connectivity index (χ1v) is 4.31. The first-order chi connectivity index (χ1) is 7.61. The molecule has 0 bridgehead atoms. The molecule has 0 aliphatic rings. The molecule has 5 heteroatoms. The Balaban J connectivity index is 2.58. The highest BCUT2D eigenvalue weighted by molar-refractivity contribution is 5.72. The minimum atomic E-state index is -1.31. The first kappa shape index (κ1) is 10.5. The molecule has 0 fully saturated rings. The van der Waals surface area contributed by atoms with Crippen LogP contribution < -0.4 is 0 Å². The van der Waals surface area contributed by atoms with Crippen molar-refractivity contribution in [3.05, 3.63) is 47.5 Å². The molecule has 1 aromatic heterocycles. The van der Waals surface area contributed by atoms with E-state index in [4.69, 9.17) is 4.42 Å². The van der Waals surface area contributed by atoms with Gasteiger partial charge in [0.05, 0.1) is 5.56 Å². The molecule has 0 spiro atoms. The van der Waals surface area contributed by atoms with Crippen LogP contribution in [0.3, 0.4) is 0 Å². The Morgan fingerprint density at radius 2 is 1.88 bits per heavy atom. The summed E-state index contributed by atoms with van der Waals surface area (Å²) in [4.78, 5) is 10.3. The van der Waals surface area contributed by atoms with Crippen molar-refractivity contribution in [2.75, 3.05) is 0 Å². The van der Waals surface area contributed by atoms with Crippen LogP contribution >= 0.6 is 0 Å². The molecule has 0 N–H and O–H groups in total. The SMILES string of the molecule is O=Cc1ccc(-c2cc(F)cc(F)c2F)o1. The number of aldehydes is 1. The third kappa shape index (κ3) is 1.71. The standard InChI is InChI=1S/C11H5F3O2/c12-6-3-8(11(14)9(13)4-6)10-2-1-7(5-15)16-10/h1-5H. The molecule has 0 aliphatic heterocycles. The van der Waals surface area contributed by atoms with Gasteiger partial charge in [-0.15, -0.1) is 0 Å². The average molecular weight is 226 g/mol. The Labute approximate surface area is 88.3 Å². The molecule has 0 saturated heterocycles. The minimum Gasteiger partial charge on any atom is -0.453 e. The minimum absolute atomic E-state index is 0.0425. The molecular weight excluding hydrogens is 221 g/mol. The molecule has 0 radical (unpaired) electrons. The Bertz CT molecular complexity index is 546. The van der Waals surface area contributed by atoms with E-state index in [1.54, 1.807) is 0 Å². The summed E-state index contributed by atoms with van der Waals surface area (Å²) in [6.07, 6.45) is 0.414. The average Bonchev–Trinajstić information content (AvgIpc) is 2.71. The van der Waals surface area contributed by atoms with E-state index < -0.39 is 17.5 Å². The molecule has 2 nitrogen and oxygen atoms in total. The molecule has 0 aliphatic carbocycles. The van der Waals surface area contributed by atoms with Crippen LogP contribution in [0.2, 0.25) is 0 Å². The summed E-state index contributed by atoms with van der Waals surface area (Å²) in [5, 5.41) is 0. The maximum atomic E-state index is 13.3. The molecular formula is C11H5F3O2. The summed E-state index contributed by atoms with van der Waals surface area (Å²) in [5.74, 6) is -3.58. The molecule has 16 heavy (non-hydrogen) atoms. The van der Waals surface area contributed by atoms with Gasteiger partial charge in [0.2, 0.25) is 0 Å². The topological polar surface area (TPSA) is 30.2 Å². The van der Waals surface area contributed by atoms with Gasteiger partial charge in [-0.05, 0) is 18.2 Å². The van der Waals surface area contributed by atoms with Crippen LogP contribution in [0, 0.1) is 17.5 Å². The van der Waals surface area contributed by atoms with Crippen LogP contribution in [-0.2, 0) is 0 Å². The molecule has 1 heterocycles. The van der Waals surface area contributed by atoms with E-state index in [0.29, 0.717) is 12.4 Å². The molecule has 0 atom stereocenters. The lowest BCUT2D eigenvalue weighted by atomic mass is 10.1. The van der Waals surface area contributed by atoms with E-state index in [2.05, 4.69) is 0 Å². The quantitative estimate of drug-likeness (QED) is 0.581. The summed E-state index contributed by atoms with van der Waals surface area (Å²) in [5.41, 5.74) is -0.356. The van der Waals surface area contributed by atoms with E-state index in [1.165, 1.54) is 12.1 Å². The van der Waals surface area contributed by atoms with E-state index in [0.717, 1.165) is 6.07 Å². The van der Waals surface area contributed by atoms with Gasteiger partial charge in [-0.2, -0.15) is 0 Å². The first-order valence-electron chi connectivity index (χ1n) is 4.31. The third-order valence-electron chi connectivity index (χ3n) is 2.00. The number of carbonyl (C=O) groups excluding carboxylic acids is 1. The van der Waals surface area contributed by atoms with E-state index in [9.17, 15) is 18.0 Å². The van der Waals surface area contributed by atoms with E-state index in [1.807, 2.05) is 0 Å². The highest BCUT2D eigenvalue weighted by atomic mass is 19.2. The number of furan rings is 1.